The normalized spacial score (nSPS) is 11.7. The lowest BCUT2D eigenvalue weighted by Crippen LogP contribution is -2.44. The molecule has 26 heavy (non-hydrogen) atoms. The number of thiophene rings is 1. The highest BCUT2D eigenvalue weighted by Crippen LogP contribution is 2.27. The van der Waals surface area contributed by atoms with Crippen LogP contribution in [0.3, 0.4) is 0 Å². The van der Waals surface area contributed by atoms with Gasteiger partial charge in [0.2, 0.25) is 0 Å². The maximum absolute atomic E-state index is 5.41. The molecule has 144 valence electrons. The van der Waals surface area contributed by atoms with Gasteiger partial charge in [-0.2, -0.15) is 0 Å². The molecule has 0 unspecified atom stereocenters. The maximum atomic E-state index is 5.41. The van der Waals surface area contributed by atoms with E-state index in [9.17, 15) is 0 Å². The van der Waals surface area contributed by atoms with Crippen molar-refractivity contribution in [3.63, 3.8) is 0 Å². The Balaban J connectivity index is 0.00000338. The van der Waals surface area contributed by atoms with Gasteiger partial charge >= 0.3 is 0 Å². The molecule has 0 saturated heterocycles. The Morgan fingerprint density at radius 2 is 1.81 bits per heavy atom. The van der Waals surface area contributed by atoms with Gasteiger partial charge in [0.05, 0.1) is 19.3 Å². The average Bonchev–Trinajstić information content (AvgIpc) is 3.11. The van der Waals surface area contributed by atoms with Crippen molar-refractivity contribution in [2.75, 3.05) is 27.8 Å². The Bertz CT molecular complexity index is 699. The number of methoxy groups -OCH3 is 2. The lowest BCUT2D eigenvalue weighted by atomic mass is 10.1. The van der Waals surface area contributed by atoms with Gasteiger partial charge in [0.25, 0.3) is 0 Å². The van der Waals surface area contributed by atoms with Crippen molar-refractivity contribution < 1.29 is 9.47 Å². The summed E-state index contributed by atoms with van der Waals surface area (Å²) in [5.74, 6) is 1.64. The molecule has 0 spiro atoms. The van der Waals surface area contributed by atoms with Gasteiger partial charge in [0, 0.05) is 25.6 Å². The Kier molecular flexibility index (Phi) is 9.38. The Morgan fingerprint density at radius 1 is 1.12 bits per heavy atom. The van der Waals surface area contributed by atoms with Crippen molar-refractivity contribution in [1.82, 2.24) is 10.6 Å². The van der Waals surface area contributed by atoms with Crippen molar-refractivity contribution in [2.24, 2.45) is 4.99 Å². The number of aliphatic imine (C=N–C) groups is 1. The minimum Gasteiger partial charge on any atom is -0.497 e. The van der Waals surface area contributed by atoms with Crippen LogP contribution in [0, 0.1) is 0 Å². The predicted molar refractivity (Wildman–Crippen MR) is 121 cm³/mol. The van der Waals surface area contributed by atoms with E-state index in [-0.39, 0.29) is 29.6 Å². The largest absolute Gasteiger partial charge is 0.497 e. The van der Waals surface area contributed by atoms with Crippen molar-refractivity contribution in [1.29, 1.82) is 0 Å². The summed E-state index contributed by atoms with van der Waals surface area (Å²) in [6.07, 6.45) is 0. The van der Waals surface area contributed by atoms with Crippen LogP contribution in [-0.2, 0) is 11.3 Å². The van der Waals surface area contributed by atoms with E-state index >= 15 is 0 Å². The van der Waals surface area contributed by atoms with Crippen LogP contribution in [0.1, 0.15) is 18.7 Å². The standard InChI is InChI=1S/C19H27N3O2S.HI/c1-19(2,24-5)13-22-18(20-3)21-11-17-10-15(12-25-17)14-6-8-16(23-4)9-7-14;/h6-10,12H,11,13H2,1-5H3,(H2,20,21,22);1H. The molecule has 5 nitrogen and oxygen atoms in total. The summed E-state index contributed by atoms with van der Waals surface area (Å²) in [7, 11) is 5.16. The van der Waals surface area contributed by atoms with Gasteiger partial charge in [0.1, 0.15) is 5.75 Å². The van der Waals surface area contributed by atoms with E-state index in [0.29, 0.717) is 6.54 Å². The molecule has 1 aromatic heterocycles. The second-order valence-electron chi connectivity index (χ2n) is 6.27. The molecule has 7 heteroatoms. The summed E-state index contributed by atoms with van der Waals surface area (Å²) in [5.41, 5.74) is 2.17. The second kappa shape index (κ2) is 10.7. The fourth-order valence-electron chi connectivity index (χ4n) is 2.17. The zero-order chi connectivity index (χ0) is 18.3. The zero-order valence-electron chi connectivity index (χ0n) is 16.0. The quantitative estimate of drug-likeness (QED) is 0.349. The minimum atomic E-state index is -0.234. The number of hydrogen-bond acceptors (Lipinski definition) is 4. The first kappa shape index (κ1) is 22.7. The molecule has 0 bridgehead atoms. The van der Waals surface area contributed by atoms with Crippen LogP contribution in [0.15, 0.2) is 40.7 Å². The lowest BCUT2D eigenvalue weighted by Gasteiger charge is -2.24. The fourth-order valence-corrected chi connectivity index (χ4v) is 3.00. The number of nitrogens with zero attached hydrogens (tertiary/aromatic N) is 1. The van der Waals surface area contributed by atoms with E-state index in [0.717, 1.165) is 18.3 Å². The molecule has 0 saturated carbocycles. The van der Waals surface area contributed by atoms with E-state index < -0.39 is 0 Å². The number of ether oxygens (including phenoxy) is 2. The van der Waals surface area contributed by atoms with Crippen LogP contribution >= 0.6 is 35.3 Å². The van der Waals surface area contributed by atoms with Crippen LogP contribution < -0.4 is 15.4 Å². The number of nitrogens with one attached hydrogen (secondary N) is 2. The second-order valence-corrected chi connectivity index (χ2v) is 7.27. The van der Waals surface area contributed by atoms with E-state index in [1.807, 2.05) is 26.0 Å². The molecule has 1 heterocycles. The summed E-state index contributed by atoms with van der Waals surface area (Å²) in [6.45, 7) is 5.49. The molecule has 0 fully saturated rings. The van der Waals surface area contributed by atoms with Gasteiger partial charge in [-0.3, -0.25) is 4.99 Å². The first-order chi connectivity index (χ1) is 12.0. The third-order valence-electron chi connectivity index (χ3n) is 3.96. The molecule has 2 aromatic rings. The molecule has 0 aliphatic carbocycles. The van der Waals surface area contributed by atoms with Crippen LogP contribution in [0.4, 0.5) is 0 Å². The highest BCUT2D eigenvalue weighted by molar-refractivity contribution is 14.0. The fraction of sp³-hybridized carbons (Fsp3) is 0.421. The summed E-state index contributed by atoms with van der Waals surface area (Å²) in [6, 6.07) is 10.3. The molecule has 0 amide bonds. The summed E-state index contributed by atoms with van der Waals surface area (Å²) < 4.78 is 10.6. The molecule has 0 radical (unpaired) electrons. The predicted octanol–water partition coefficient (Wildman–Crippen LogP) is 4.13. The van der Waals surface area contributed by atoms with Crippen molar-refractivity contribution in [2.45, 2.75) is 26.0 Å². The highest BCUT2D eigenvalue weighted by Gasteiger charge is 2.16. The van der Waals surface area contributed by atoms with E-state index in [1.165, 1.54) is 16.0 Å². The van der Waals surface area contributed by atoms with Crippen molar-refractivity contribution >= 4 is 41.3 Å². The van der Waals surface area contributed by atoms with Gasteiger partial charge in [-0.25, -0.2) is 0 Å². The van der Waals surface area contributed by atoms with Crippen molar-refractivity contribution in [3.8, 4) is 16.9 Å². The molecule has 0 aliphatic heterocycles. The Morgan fingerprint density at radius 3 is 2.38 bits per heavy atom. The summed E-state index contributed by atoms with van der Waals surface area (Å²) >= 11 is 1.73. The highest BCUT2D eigenvalue weighted by atomic mass is 127. The molecule has 0 aliphatic rings. The lowest BCUT2D eigenvalue weighted by molar-refractivity contribution is 0.0268. The third kappa shape index (κ3) is 6.77. The summed E-state index contributed by atoms with van der Waals surface area (Å²) in [5, 5.41) is 8.80. The molecule has 2 rings (SSSR count). The van der Waals surface area contributed by atoms with E-state index in [2.05, 4.69) is 39.2 Å². The van der Waals surface area contributed by atoms with Gasteiger partial charge in [-0.05, 0) is 48.6 Å². The number of benzene rings is 1. The van der Waals surface area contributed by atoms with Crippen LogP contribution in [0.2, 0.25) is 0 Å². The molecular weight excluding hydrogens is 461 g/mol. The number of hydrogen-bond donors (Lipinski definition) is 2. The number of rotatable bonds is 7. The molecular formula is C19H28IN3O2S. The van der Waals surface area contributed by atoms with Crippen LogP contribution in [-0.4, -0.2) is 39.4 Å². The minimum absolute atomic E-state index is 0. The van der Waals surface area contributed by atoms with Crippen molar-refractivity contribution in [3.05, 3.63) is 40.6 Å². The smallest absolute Gasteiger partial charge is 0.191 e. The first-order valence-electron chi connectivity index (χ1n) is 8.19. The van der Waals surface area contributed by atoms with Crippen LogP contribution in [0.5, 0.6) is 5.75 Å². The van der Waals surface area contributed by atoms with Gasteiger partial charge in [0.15, 0.2) is 5.96 Å². The number of guanidine groups is 1. The van der Waals surface area contributed by atoms with E-state index in [4.69, 9.17) is 9.47 Å². The molecule has 1 aromatic carbocycles. The average molecular weight is 489 g/mol. The van der Waals surface area contributed by atoms with Gasteiger partial charge < -0.3 is 20.1 Å². The third-order valence-corrected chi connectivity index (χ3v) is 4.90. The SMILES string of the molecule is CN=C(NCc1cc(-c2ccc(OC)cc2)cs1)NCC(C)(C)OC.I. The Hall–Kier alpha value is -1.32. The monoisotopic (exact) mass is 489 g/mol. The number of halogens is 1. The maximum Gasteiger partial charge on any atom is 0.191 e. The summed E-state index contributed by atoms with van der Waals surface area (Å²) in [4.78, 5) is 5.50. The van der Waals surface area contributed by atoms with Gasteiger partial charge in [-0.1, -0.05) is 12.1 Å². The van der Waals surface area contributed by atoms with Gasteiger partial charge in [-0.15, -0.1) is 35.3 Å². The topological polar surface area (TPSA) is 54.9 Å². The molecule has 0 atom stereocenters. The van der Waals surface area contributed by atoms with Crippen LogP contribution in [0.25, 0.3) is 11.1 Å². The molecule has 2 N–H and O–H groups in total. The Labute approximate surface area is 177 Å². The first-order valence-corrected chi connectivity index (χ1v) is 9.07. The zero-order valence-corrected chi connectivity index (χ0v) is 19.1. The van der Waals surface area contributed by atoms with E-state index in [1.54, 1.807) is 32.6 Å².